The van der Waals surface area contributed by atoms with Crippen molar-refractivity contribution < 1.29 is 49.6 Å². The third-order valence-corrected chi connectivity index (χ3v) is 5.30. The summed E-state index contributed by atoms with van der Waals surface area (Å²) in [5.74, 6) is -0.563. The maximum atomic E-state index is 14.8. The molecule has 0 radical (unpaired) electrons. The minimum Gasteiger partial charge on any atom is -0.741 e. The van der Waals surface area contributed by atoms with Crippen LogP contribution in [0, 0.1) is 5.82 Å². The second-order valence-corrected chi connectivity index (χ2v) is 8.69. The number of esters is 1. The molecule has 1 atom stereocenters. The number of halogens is 4. The zero-order valence-corrected chi connectivity index (χ0v) is 19.7. The average Bonchev–Trinajstić information content (AvgIpc) is 3.52. The van der Waals surface area contributed by atoms with E-state index in [2.05, 4.69) is 15.3 Å². The van der Waals surface area contributed by atoms with Gasteiger partial charge in [0.05, 0.1) is 31.2 Å². The van der Waals surface area contributed by atoms with E-state index in [9.17, 15) is 27.2 Å². The molecule has 0 bridgehead atoms. The summed E-state index contributed by atoms with van der Waals surface area (Å²) in [4.78, 5) is 28.8. The first-order chi connectivity index (χ1) is 17.8. The number of nitrogens with zero attached hydrogens (tertiary/aromatic N) is 5. The van der Waals surface area contributed by atoms with Crippen molar-refractivity contribution in [3.63, 3.8) is 0 Å². The van der Waals surface area contributed by atoms with Gasteiger partial charge in [-0.25, -0.2) is 27.3 Å². The van der Waals surface area contributed by atoms with Crippen LogP contribution in [0.25, 0.3) is 16.9 Å². The van der Waals surface area contributed by atoms with Gasteiger partial charge in [0.1, 0.15) is 12.4 Å². The van der Waals surface area contributed by atoms with Crippen LogP contribution in [0.3, 0.4) is 0 Å². The maximum absolute atomic E-state index is 14.8. The summed E-state index contributed by atoms with van der Waals surface area (Å²) in [6, 6.07) is 7.83. The summed E-state index contributed by atoms with van der Waals surface area (Å²) in [6.07, 6.45) is 3.42. The van der Waals surface area contributed by atoms with Crippen molar-refractivity contribution in [3.05, 3.63) is 54.7 Å². The number of rotatable bonds is 6. The third-order valence-electron chi connectivity index (χ3n) is 4.73. The molecule has 38 heavy (non-hydrogen) atoms. The van der Waals surface area contributed by atoms with Gasteiger partial charge >= 0.3 is 17.6 Å². The van der Waals surface area contributed by atoms with Crippen LogP contribution in [-0.4, -0.2) is 76.3 Å². The lowest BCUT2D eigenvalue weighted by atomic mass is 10.1. The highest BCUT2D eigenvalue weighted by molar-refractivity contribution is 7.86. The van der Waals surface area contributed by atoms with Gasteiger partial charge in [-0.2, -0.15) is 13.2 Å². The SMILES string of the molecule is NCC(=O)OC[C@H]1CN(c2ccc(-c3ccc(-n4ccnn4)nc3)c(F)c2)C(=O)O1.O=S(=O)([O-])C(F)(F)F. The van der Waals surface area contributed by atoms with E-state index in [1.165, 1.54) is 28.0 Å². The minimum absolute atomic E-state index is 0.109. The van der Waals surface area contributed by atoms with Gasteiger partial charge in [-0.05, 0) is 30.3 Å². The number of ether oxygens (including phenoxy) is 2. The Labute approximate surface area is 211 Å². The molecule has 0 saturated carbocycles. The molecule has 0 unspecified atom stereocenters. The Morgan fingerprint density at radius 1 is 1.26 bits per heavy atom. The van der Waals surface area contributed by atoms with Gasteiger partial charge in [0.2, 0.25) is 0 Å². The second-order valence-electron chi connectivity index (χ2n) is 7.32. The maximum Gasteiger partial charge on any atom is 0.485 e. The van der Waals surface area contributed by atoms with Crippen LogP contribution in [0.1, 0.15) is 0 Å². The number of nitrogens with two attached hydrogens (primary N) is 1. The molecule has 3 heterocycles. The van der Waals surface area contributed by atoms with Crippen molar-refractivity contribution in [3.8, 4) is 16.9 Å². The van der Waals surface area contributed by atoms with Crippen molar-refractivity contribution in [2.45, 2.75) is 11.6 Å². The van der Waals surface area contributed by atoms with Gasteiger partial charge in [0.25, 0.3) is 0 Å². The molecule has 0 aliphatic carbocycles. The smallest absolute Gasteiger partial charge is 0.485 e. The number of carbonyl (C=O) groups is 2. The zero-order chi connectivity index (χ0) is 28.1. The molecule has 1 aliphatic rings. The van der Waals surface area contributed by atoms with Crippen LogP contribution in [0.2, 0.25) is 0 Å². The fourth-order valence-electron chi connectivity index (χ4n) is 2.98. The predicted octanol–water partition coefficient (Wildman–Crippen LogP) is 1.35. The van der Waals surface area contributed by atoms with Crippen molar-refractivity contribution in [2.24, 2.45) is 5.73 Å². The first-order valence-corrected chi connectivity index (χ1v) is 11.7. The number of anilines is 1. The molecule has 3 aromatic rings. The van der Waals surface area contributed by atoms with E-state index in [0.29, 0.717) is 22.6 Å². The number of aromatic nitrogens is 4. The van der Waals surface area contributed by atoms with E-state index in [1.807, 2.05) is 0 Å². The van der Waals surface area contributed by atoms with Gasteiger partial charge in [-0.3, -0.25) is 9.69 Å². The Kier molecular flexibility index (Phi) is 8.59. The number of alkyl halides is 3. The molecule has 1 fully saturated rings. The number of amides is 1. The molecule has 1 aromatic carbocycles. The molecule has 204 valence electrons. The molecular weight excluding hydrogens is 544 g/mol. The van der Waals surface area contributed by atoms with Crippen LogP contribution >= 0.6 is 0 Å². The topological polar surface area (TPSA) is 183 Å². The molecule has 13 nitrogen and oxygen atoms in total. The first kappa shape index (κ1) is 28.4. The quantitative estimate of drug-likeness (QED) is 0.198. The molecule has 2 N–H and O–H groups in total. The van der Waals surface area contributed by atoms with E-state index < -0.39 is 39.6 Å². The molecule has 1 saturated heterocycles. The molecule has 0 spiro atoms. The van der Waals surface area contributed by atoms with Crippen molar-refractivity contribution in [1.29, 1.82) is 0 Å². The molecule has 4 rings (SSSR count). The summed E-state index contributed by atoms with van der Waals surface area (Å²) in [5.41, 5.74) is 0.756. The fourth-order valence-corrected chi connectivity index (χ4v) is 2.98. The normalized spacial score (nSPS) is 15.5. The number of hydrogen-bond acceptors (Lipinski definition) is 11. The van der Waals surface area contributed by atoms with Crippen LogP contribution in [0.5, 0.6) is 0 Å². The van der Waals surface area contributed by atoms with Gasteiger partial charge in [-0.1, -0.05) is 5.21 Å². The third kappa shape index (κ3) is 6.99. The number of pyridine rings is 1. The minimum atomic E-state index is -6.09. The summed E-state index contributed by atoms with van der Waals surface area (Å²) >= 11 is 0. The number of cyclic esters (lactones) is 1. The first-order valence-electron chi connectivity index (χ1n) is 10.3. The Balaban J connectivity index is 0.000000436. The lowest BCUT2D eigenvalue weighted by molar-refractivity contribution is -0.144. The summed E-state index contributed by atoms with van der Waals surface area (Å²) < 4.78 is 85.2. The van der Waals surface area contributed by atoms with Crippen molar-refractivity contribution in [2.75, 3.05) is 24.6 Å². The summed E-state index contributed by atoms with van der Waals surface area (Å²) in [5, 5.41) is 7.57. The van der Waals surface area contributed by atoms with Gasteiger partial charge < -0.3 is 19.8 Å². The van der Waals surface area contributed by atoms with Crippen molar-refractivity contribution >= 4 is 27.9 Å². The Morgan fingerprint density at radius 3 is 2.50 bits per heavy atom. The van der Waals surface area contributed by atoms with E-state index in [0.717, 1.165) is 0 Å². The molecule has 18 heteroatoms. The van der Waals surface area contributed by atoms with E-state index in [-0.39, 0.29) is 19.7 Å². The molecule has 2 aromatic heterocycles. The molecule has 1 amide bonds. The van der Waals surface area contributed by atoms with E-state index >= 15 is 0 Å². The zero-order valence-electron chi connectivity index (χ0n) is 18.9. The predicted molar refractivity (Wildman–Crippen MR) is 118 cm³/mol. The Hall–Kier alpha value is -4.16. The highest BCUT2D eigenvalue weighted by Crippen LogP contribution is 2.29. The van der Waals surface area contributed by atoms with Gasteiger partial charge in [0.15, 0.2) is 22.0 Å². The monoisotopic (exact) mass is 561 g/mol. The summed E-state index contributed by atoms with van der Waals surface area (Å²) in [6.45, 7) is -0.238. The highest BCUT2D eigenvalue weighted by atomic mass is 32.2. The van der Waals surface area contributed by atoms with Crippen LogP contribution in [0.4, 0.5) is 28.0 Å². The van der Waals surface area contributed by atoms with E-state index in [4.69, 9.17) is 28.2 Å². The van der Waals surface area contributed by atoms with Crippen LogP contribution in [0.15, 0.2) is 48.9 Å². The van der Waals surface area contributed by atoms with E-state index in [1.54, 1.807) is 30.5 Å². The average molecular weight is 561 g/mol. The van der Waals surface area contributed by atoms with Gasteiger partial charge in [-0.15, -0.1) is 5.10 Å². The Morgan fingerprint density at radius 2 is 1.97 bits per heavy atom. The Bertz CT molecular complexity index is 1390. The summed E-state index contributed by atoms with van der Waals surface area (Å²) in [7, 11) is -6.09. The lowest BCUT2D eigenvalue weighted by Crippen LogP contribution is -2.28. The van der Waals surface area contributed by atoms with Crippen LogP contribution in [-0.2, 0) is 24.4 Å². The van der Waals surface area contributed by atoms with Crippen molar-refractivity contribution in [1.82, 2.24) is 20.0 Å². The number of carbonyl (C=O) groups excluding carboxylic acids is 2. The highest BCUT2D eigenvalue weighted by Gasteiger charge is 2.37. The van der Waals surface area contributed by atoms with Gasteiger partial charge in [0, 0.05) is 17.3 Å². The van der Waals surface area contributed by atoms with Crippen LogP contribution < -0.4 is 10.6 Å². The lowest BCUT2D eigenvalue weighted by Gasteiger charge is -2.14. The molecule has 1 aliphatic heterocycles. The standard InChI is InChI=1S/C19H17FN6O4.CHF3O3S/c20-16-7-13(25-10-14(30-19(25)28)11-29-18(27)8-21)2-3-15(16)12-1-4-17(22-9-12)26-6-5-23-24-26;2-1(3,4)8(5,6)7/h1-7,9,14H,8,10-11,21H2;(H,5,6,7)/p-1/t14-;/m1./s1. The number of hydrogen-bond donors (Lipinski definition) is 1. The molecular formula is C20H17F4N6O7S-. The largest absolute Gasteiger partial charge is 0.741 e. The second kappa shape index (κ2) is 11.5. The number of benzene rings is 1. The fraction of sp³-hybridized carbons (Fsp3) is 0.250.